The van der Waals surface area contributed by atoms with E-state index in [9.17, 15) is 9.50 Å². The van der Waals surface area contributed by atoms with E-state index in [1.54, 1.807) is 18.2 Å². The third kappa shape index (κ3) is 4.29. The Bertz CT molecular complexity index is 812. The van der Waals surface area contributed by atoms with Crippen molar-refractivity contribution >= 4 is 29.3 Å². The minimum absolute atomic E-state index is 0.0396. The lowest BCUT2D eigenvalue weighted by Gasteiger charge is -2.43. The molecule has 0 bridgehead atoms. The average Bonchev–Trinajstić information content (AvgIpc) is 2.57. The van der Waals surface area contributed by atoms with E-state index >= 15 is 0 Å². The van der Waals surface area contributed by atoms with Gasteiger partial charge in [0.25, 0.3) is 0 Å². The van der Waals surface area contributed by atoms with Crippen LogP contribution in [0.2, 0.25) is 10.0 Å². The quantitative estimate of drug-likeness (QED) is 0.671. The number of nitrogens with two attached hydrogens (primary N) is 1. The standard InChI is InChI=1S/C21H24Cl2FNO/c1-13(11-15-5-8-17(22)9-6-15)21(26,14(2)20(3,4)25)16-7-10-19(24)18(23)12-16/h5-12,14,26H,25H2,1-4H3. The topological polar surface area (TPSA) is 46.2 Å². The summed E-state index contributed by atoms with van der Waals surface area (Å²) >= 11 is 11.9. The summed E-state index contributed by atoms with van der Waals surface area (Å²) in [5.41, 5.74) is 6.26. The van der Waals surface area contributed by atoms with Crippen molar-refractivity contribution in [1.82, 2.24) is 0 Å². The lowest BCUT2D eigenvalue weighted by molar-refractivity contribution is -0.00719. The van der Waals surface area contributed by atoms with Crippen LogP contribution in [0.5, 0.6) is 0 Å². The van der Waals surface area contributed by atoms with Crippen LogP contribution in [0.3, 0.4) is 0 Å². The monoisotopic (exact) mass is 395 g/mol. The highest BCUT2D eigenvalue weighted by Crippen LogP contribution is 2.42. The zero-order chi connectivity index (χ0) is 19.7. The number of halogens is 3. The van der Waals surface area contributed by atoms with Crippen LogP contribution in [-0.2, 0) is 5.60 Å². The van der Waals surface area contributed by atoms with E-state index in [2.05, 4.69) is 0 Å². The van der Waals surface area contributed by atoms with Crippen LogP contribution in [0, 0.1) is 11.7 Å². The maximum atomic E-state index is 13.6. The van der Waals surface area contributed by atoms with Gasteiger partial charge in [-0.25, -0.2) is 4.39 Å². The van der Waals surface area contributed by atoms with Crippen LogP contribution in [0.15, 0.2) is 48.0 Å². The van der Waals surface area contributed by atoms with Crippen LogP contribution >= 0.6 is 23.2 Å². The smallest absolute Gasteiger partial charge is 0.141 e. The highest BCUT2D eigenvalue weighted by atomic mass is 35.5. The van der Waals surface area contributed by atoms with E-state index in [1.807, 2.05) is 45.9 Å². The predicted molar refractivity (Wildman–Crippen MR) is 108 cm³/mol. The first-order chi connectivity index (χ1) is 12.0. The lowest BCUT2D eigenvalue weighted by Crippen LogP contribution is -2.51. The second-order valence-corrected chi connectivity index (χ2v) is 8.16. The highest BCUT2D eigenvalue weighted by Gasteiger charge is 2.43. The molecule has 140 valence electrons. The molecule has 0 aliphatic heterocycles. The molecule has 2 aromatic carbocycles. The molecular formula is C21H24Cl2FNO. The van der Waals surface area contributed by atoms with E-state index in [0.717, 1.165) is 5.56 Å². The predicted octanol–water partition coefficient (Wildman–Crippen LogP) is 5.80. The Morgan fingerprint density at radius 1 is 1.15 bits per heavy atom. The van der Waals surface area contributed by atoms with Crippen molar-refractivity contribution in [2.75, 3.05) is 0 Å². The van der Waals surface area contributed by atoms with E-state index < -0.39 is 17.0 Å². The third-order valence-electron chi connectivity index (χ3n) is 4.96. The van der Waals surface area contributed by atoms with Crippen LogP contribution in [0.4, 0.5) is 4.39 Å². The fourth-order valence-corrected chi connectivity index (χ4v) is 3.32. The molecule has 0 saturated heterocycles. The Kier molecular flexibility index (Phi) is 6.19. The van der Waals surface area contributed by atoms with Crippen LogP contribution in [0.1, 0.15) is 38.8 Å². The summed E-state index contributed by atoms with van der Waals surface area (Å²) in [6.07, 6.45) is 1.87. The number of aliphatic hydroxyl groups is 1. The second-order valence-electron chi connectivity index (χ2n) is 7.32. The summed E-state index contributed by atoms with van der Waals surface area (Å²) in [6, 6.07) is 11.6. The minimum Gasteiger partial charge on any atom is -0.380 e. The van der Waals surface area contributed by atoms with E-state index in [4.69, 9.17) is 28.9 Å². The molecule has 2 aromatic rings. The molecule has 3 N–H and O–H groups in total. The van der Waals surface area contributed by atoms with Crippen LogP contribution in [0.25, 0.3) is 6.08 Å². The molecule has 0 amide bonds. The first kappa shape index (κ1) is 20.9. The van der Waals surface area contributed by atoms with Gasteiger partial charge >= 0.3 is 0 Å². The van der Waals surface area contributed by atoms with Gasteiger partial charge in [-0.1, -0.05) is 54.4 Å². The first-order valence-corrected chi connectivity index (χ1v) is 9.13. The van der Waals surface area contributed by atoms with Gasteiger partial charge in [0.15, 0.2) is 0 Å². The molecule has 0 aliphatic rings. The zero-order valence-electron chi connectivity index (χ0n) is 15.4. The summed E-state index contributed by atoms with van der Waals surface area (Å²) in [4.78, 5) is 0. The fraction of sp³-hybridized carbons (Fsp3) is 0.333. The van der Waals surface area contributed by atoms with Crippen molar-refractivity contribution in [2.24, 2.45) is 11.7 Å². The normalized spacial score (nSPS) is 16.3. The maximum Gasteiger partial charge on any atom is 0.141 e. The van der Waals surface area contributed by atoms with Gasteiger partial charge in [-0.3, -0.25) is 0 Å². The number of rotatable bonds is 5. The Morgan fingerprint density at radius 3 is 2.23 bits per heavy atom. The molecule has 26 heavy (non-hydrogen) atoms. The second kappa shape index (κ2) is 7.69. The van der Waals surface area contributed by atoms with Crippen molar-refractivity contribution in [3.8, 4) is 0 Å². The summed E-state index contributed by atoms with van der Waals surface area (Å²) in [7, 11) is 0. The Balaban J connectivity index is 2.63. The minimum atomic E-state index is -1.42. The third-order valence-corrected chi connectivity index (χ3v) is 5.50. The molecule has 0 aliphatic carbocycles. The lowest BCUT2D eigenvalue weighted by atomic mass is 9.69. The fourth-order valence-electron chi connectivity index (χ4n) is 3.01. The Hall–Kier alpha value is -1.39. The van der Waals surface area contributed by atoms with Crippen molar-refractivity contribution in [2.45, 2.75) is 38.8 Å². The number of benzene rings is 2. The van der Waals surface area contributed by atoms with Crippen LogP contribution in [-0.4, -0.2) is 10.6 Å². The zero-order valence-corrected chi connectivity index (χ0v) is 16.9. The molecule has 0 spiro atoms. The van der Waals surface area contributed by atoms with Crippen molar-refractivity contribution in [1.29, 1.82) is 0 Å². The van der Waals surface area contributed by atoms with E-state index in [-0.39, 0.29) is 10.9 Å². The SMILES string of the molecule is CC(=Cc1ccc(Cl)cc1)C(O)(c1ccc(F)c(Cl)c1)C(C)C(C)(C)N. The number of hydrogen-bond acceptors (Lipinski definition) is 2. The molecule has 2 nitrogen and oxygen atoms in total. The summed E-state index contributed by atoms with van der Waals surface area (Å²) in [6.45, 7) is 7.40. The molecule has 0 aromatic heterocycles. The van der Waals surface area contributed by atoms with Gasteiger partial charge in [-0.15, -0.1) is 0 Å². The maximum absolute atomic E-state index is 13.6. The van der Waals surface area contributed by atoms with Gasteiger partial charge < -0.3 is 10.8 Å². The van der Waals surface area contributed by atoms with Gasteiger partial charge in [0.2, 0.25) is 0 Å². The summed E-state index contributed by atoms with van der Waals surface area (Å²) < 4.78 is 13.6. The molecule has 0 radical (unpaired) electrons. The molecule has 0 fully saturated rings. The largest absolute Gasteiger partial charge is 0.380 e. The summed E-state index contributed by atoms with van der Waals surface area (Å²) in [5, 5.41) is 12.3. The van der Waals surface area contributed by atoms with Gasteiger partial charge in [0, 0.05) is 16.5 Å². The van der Waals surface area contributed by atoms with E-state index in [1.165, 1.54) is 12.1 Å². The van der Waals surface area contributed by atoms with Crippen molar-refractivity contribution in [3.05, 3.63) is 75.0 Å². The first-order valence-electron chi connectivity index (χ1n) is 8.37. The van der Waals surface area contributed by atoms with Gasteiger partial charge in [0.05, 0.1) is 5.02 Å². The van der Waals surface area contributed by atoms with Crippen LogP contribution < -0.4 is 5.73 Å². The van der Waals surface area contributed by atoms with Gasteiger partial charge in [0.1, 0.15) is 11.4 Å². The average molecular weight is 396 g/mol. The van der Waals surface area contributed by atoms with Crippen molar-refractivity contribution in [3.63, 3.8) is 0 Å². The summed E-state index contributed by atoms with van der Waals surface area (Å²) in [5.74, 6) is -0.906. The Morgan fingerprint density at radius 2 is 1.73 bits per heavy atom. The van der Waals surface area contributed by atoms with Gasteiger partial charge in [-0.2, -0.15) is 0 Å². The highest BCUT2D eigenvalue weighted by molar-refractivity contribution is 6.31. The Labute approximate surface area is 164 Å². The molecule has 0 heterocycles. The van der Waals surface area contributed by atoms with Gasteiger partial charge in [-0.05, 0) is 61.7 Å². The molecule has 5 heteroatoms. The number of hydrogen-bond donors (Lipinski definition) is 2. The van der Waals surface area contributed by atoms with E-state index in [0.29, 0.717) is 16.2 Å². The molecule has 2 unspecified atom stereocenters. The van der Waals surface area contributed by atoms with Crippen molar-refractivity contribution < 1.29 is 9.50 Å². The molecule has 2 rings (SSSR count). The molecule has 2 atom stereocenters. The molecule has 0 saturated carbocycles. The molecular weight excluding hydrogens is 372 g/mol.